The zero-order chi connectivity index (χ0) is 13.7. The first kappa shape index (κ1) is 14.2. The Morgan fingerprint density at radius 2 is 2.00 bits per heavy atom. The maximum absolute atomic E-state index is 9.69. The van der Waals surface area contributed by atoms with Crippen LogP contribution < -0.4 is 5.32 Å². The fourth-order valence-corrected chi connectivity index (χ4v) is 2.64. The average molecular weight is 264 g/mol. The van der Waals surface area contributed by atoms with Crippen molar-refractivity contribution in [3.8, 4) is 11.5 Å². The van der Waals surface area contributed by atoms with E-state index in [2.05, 4.69) is 17.1 Å². The molecule has 19 heavy (non-hydrogen) atoms. The van der Waals surface area contributed by atoms with Gasteiger partial charge in [-0.2, -0.15) is 0 Å². The van der Waals surface area contributed by atoms with Crippen molar-refractivity contribution in [3.05, 3.63) is 23.8 Å². The van der Waals surface area contributed by atoms with Crippen molar-refractivity contribution < 1.29 is 10.2 Å². The summed E-state index contributed by atoms with van der Waals surface area (Å²) in [5.74, 6) is 0.532. The summed E-state index contributed by atoms with van der Waals surface area (Å²) < 4.78 is 0. The number of nitrogens with zero attached hydrogens (tertiary/aromatic N) is 1. The summed E-state index contributed by atoms with van der Waals surface area (Å²) in [6, 6.07) is 5.07. The van der Waals surface area contributed by atoms with Crippen LogP contribution in [0.15, 0.2) is 18.2 Å². The van der Waals surface area contributed by atoms with Gasteiger partial charge in [-0.3, -0.25) is 0 Å². The van der Waals surface area contributed by atoms with Gasteiger partial charge in [0.15, 0.2) is 11.5 Å². The monoisotopic (exact) mass is 264 g/mol. The number of para-hydroxylation sites is 1. The molecular formula is C15H24N2O2. The Balaban J connectivity index is 1.72. The summed E-state index contributed by atoms with van der Waals surface area (Å²) in [6.45, 7) is 7.36. The molecule has 1 saturated heterocycles. The van der Waals surface area contributed by atoms with Gasteiger partial charge < -0.3 is 20.4 Å². The van der Waals surface area contributed by atoms with E-state index in [4.69, 9.17) is 0 Å². The smallest absolute Gasteiger partial charge is 0.161 e. The molecule has 1 fully saturated rings. The molecule has 2 rings (SSSR count). The van der Waals surface area contributed by atoms with E-state index in [-0.39, 0.29) is 11.5 Å². The summed E-state index contributed by atoms with van der Waals surface area (Å²) in [4.78, 5) is 2.51. The fourth-order valence-electron chi connectivity index (χ4n) is 2.64. The molecular weight excluding hydrogens is 240 g/mol. The third-order valence-corrected chi connectivity index (χ3v) is 3.68. The highest BCUT2D eigenvalue weighted by Crippen LogP contribution is 2.27. The van der Waals surface area contributed by atoms with Crippen LogP contribution in [0.1, 0.15) is 25.3 Å². The van der Waals surface area contributed by atoms with Crippen molar-refractivity contribution >= 4 is 0 Å². The number of rotatable bonds is 6. The lowest BCUT2D eigenvalue weighted by Gasteiger charge is -2.20. The van der Waals surface area contributed by atoms with Crippen LogP contribution in [0.5, 0.6) is 11.5 Å². The first-order chi connectivity index (χ1) is 9.16. The predicted octanol–water partition coefficient (Wildman–Crippen LogP) is 1.92. The van der Waals surface area contributed by atoms with Gasteiger partial charge in [0, 0.05) is 18.7 Å². The summed E-state index contributed by atoms with van der Waals surface area (Å²) >= 11 is 0. The number of nitrogens with one attached hydrogen (secondary N) is 1. The topological polar surface area (TPSA) is 55.7 Å². The van der Waals surface area contributed by atoms with Crippen molar-refractivity contribution in [3.63, 3.8) is 0 Å². The van der Waals surface area contributed by atoms with Gasteiger partial charge in [0.05, 0.1) is 0 Å². The molecule has 1 heterocycles. The number of benzene rings is 1. The molecule has 1 aliphatic heterocycles. The number of hydrogen-bond donors (Lipinski definition) is 3. The zero-order valence-electron chi connectivity index (χ0n) is 11.6. The number of likely N-dealkylation sites (tertiary alicyclic amines) is 1. The van der Waals surface area contributed by atoms with E-state index in [9.17, 15) is 10.2 Å². The second kappa shape index (κ2) is 6.78. The standard InChI is InChI=1S/C15H24N2O2/c1-12(11-17-7-2-3-8-17)9-16-10-13-5-4-6-14(18)15(13)19/h4-6,12,16,18-19H,2-3,7-11H2,1H3. The summed E-state index contributed by atoms with van der Waals surface area (Å²) in [6.07, 6.45) is 2.66. The van der Waals surface area contributed by atoms with Crippen LogP contribution in [0.3, 0.4) is 0 Å². The number of phenolic OH excluding ortho intramolecular Hbond substituents is 2. The van der Waals surface area contributed by atoms with E-state index in [0.29, 0.717) is 12.5 Å². The Labute approximate surface area is 115 Å². The summed E-state index contributed by atoms with van der Waals surface area (Å²) in [5.41, 5.74) is 0.744. The van der Waals surface area contributed by atoms with Crippen LogP contribution in [0.4, 0.5) is 0 Å². The summed E-state index contributed by atoms with van der Waals surface area (Å²) in [5, 5.41) is 22.5. The molecule has 1 aromatic rings. The van der Waals surface area contributed by atoms with E-state index in [1.165, 1.54) is 32.0 Å². The zero-order valence-corrected chi connectivity index (χ0v) is 11.6. The van der Waals surface area contributed by atoms with Gasteiger partial charge in [-0.25, -0.2) is 0 Å². The first-order valence-corrected chi connectivity index (χ1v) is 7.09. The second-order valence-corrected chi connectivity index (χ2v) is 5.53. The molecule has 0 amide bonds. The Hall–Kier alpha value is -1.26. The van der Waals surface area contributed by atoms with Crippen LogP contribution in [0.25, 0.3) is 0 Å². The van der Waals surface area contributed by atoms with E-state index in [1.807, 2.05) is 6.07 Å². The lowest BCUT2D eigenvalue weighted by molar-refractivity contribution is 0.282. The van der Waals surface area contributed by atoms with Crippen molar-refractivity contribution in [1.82, 2.24) is 10.2 Å². The van der Waals surface area contributed by atoms with Crippen molar-refractivity contribution in [1.29, 1.82) is 0 Å². The number of phenols is 2. The van der Waals surface area contributed by atoms with Crippen molar-refractivity contribution in [2.24, 2.45) is 5.92 Å². The first-order valence-electron chi connectivity index (χ1n) is 7.09. The largest absolute Gasteiger partial charge is 0.504 e. The van der Waals surface area contributed by atoms with Gasteiger partial charge in [0.1, 0.15) is 0 Å². The van der Waals surface area contributed by atoms with Gasteiger partial charge in [-0.05, 0) is 44.5 Å². The minimum Gasteiger partial charge on any atom is -0.504 e. The van der Waals surface area contributed by atoms with Gasteiger partial charge in [-0.15, -0.1) is 0 Å². The van der Waals surface area contributed by atoms with Gasteiger partial charge >= 0.3 is 0 Å². The molecule has 0 saturated carbocycles. The molecule has 0 aromatic heterocycles. The predicted molar refractivity (Wildman–Crippen MR) is 76.3 cm³/mol. The molecule has 106 valence electrons. The number of hydrogen-bond acceptors (Lipinski definition) is 4. The minimum absolute atomic E-state index is 0.0119. The Bertz CT molecular complexity index is 403. The highest BCUT2D eigenvalue weighted by atomic mass is 16.3. The Kier molecular flexibility index (Phi) is 5.05. The molecule has 4 heteroatoms. The van der Waals surface area contributed by atoms with Gasteiger partial charge in [0.2, 0.25) is 0 Å². The third-order valence-electron chi connectivity index (χ3n) is 3.68. The fraction of sp³-hybridized carbons (Fsp3) is 0.600. The normalized spacial score (nSPS) is 17.7. The lowest BCUT2D eigenvalue weighted by atomic mass is 10.1. The van der Waals surface area contributed by atoms with E-state index in [1.54, 1.807) is 6.07 Å². The SMILES string of the molecule is CC(CNCc1cccc(O)c1O)CN1CCCC1. The molecule has 0 aliphatic carbocycles. The van der Waals surface area contributed by atoms with E-state index in [0.717, 1.165) is 18.7 Å². The van der Waals surface area contributed by atoms with Crippen LogP contribution in [-0.2, 0) is 6.54 Å². The maximum atomic E-state index is 9.69. The molecule has 0 radical (unpaired) electrons. The van der Waals surface area contributed by atoms with Crippen LogP contribution >= 0.6 is 0 Å². The molecule has 3 N–H and O–H groups in total. The minimum atomic E-state index is -0.0515. The molecule has 0 bridgehead atoms. The van der Waals surface area contributed by atoms with Crippen molar-refractivity contribution in [2.45, 2.75) is 26.3 Å². The highest BCUT2D eigenvalue weighted by Gasteiger charge is 2.14. The molecule has 1 aromatic carbocycles. The molecule has 1 aliphatic rings. The second-order valence-electron chi connectivity index (χ2n) is 5.53. The molecule has 1 atom stereocenters. The Morgan fingerprint density at radius 3 is 2.74 bits per heavy atom. The number of aromatic hydroxyl groups is 2. The van der Waals surface area contributed by atoms with E-state index < -0.39 is 0 Å². The van der Waals surface area contributed by atoms with Gasteiger partial charge in [-0.1, -0.05) is 19.1 Å². The van der Waals surface area contributed by atoms with E-state index >= 15 is 0 Å². The highest BCUT2D eigenvalue weighted by molar-refractivity contribution is 5.44. The van der Waals surface area contributed by atoms with Gasteiger partial charge in [0.25, 0.3) is 0 Å². The summed E-state index contributed by atoms with van der Waals surface area (Å²) in [7, 11) is 0. The quantitative estimate of drug-likeness (QED) is 0.687. The van der Waals surface area contributed by atoms with Crippen LogP contribution in [-0.4, -0.2) is 41.3 Å². The molecule has 0 spiro atoms. The lowest BCUT2D eigenvalue weighted by Crippen LogP contribution is -2.31. The average Bonchev–Trinajstić information content (AvgIpc) is 2.87. The third kappa shape index (κ3) is 4.11. The van der Waals surface area contributed by atoms with Crippen LogP contribution in [0, 0.1) is 5.92 Å². The molecule has 4 nitrogen and oxygen atoms in total. The van der Waals surface area contributed by atoms with Crippen molar-refractivity contribution in [2.75, 3.05) is 26.2 Å². The maximum Gasteiger partial charge on any atom is 0.161 e. The molecule has 1 unspecified atom stereocenters. The Morgan fingerprint density at radius 1 is 1.26 bits per heavy atom. The van der Waals surface area contributed by atoms with Crippen LogP contribution in [0.2, 0.25) is 0 Å².